The molecule has 1 atom stereocenters. The zero-order valence-electron chi connectivity index (χ0n) is 14.2. The van der Waals surface area contributed by atoms with E-state index in [-0.39, 0.29) is 6.04 Å². The topological polar surface area (TPSA) is 60.6 Å². The molecule has 0 fully saturated rings. The maximum absolute atomic E-state index is 5.89. The average Bonchev–Trinajstić information content (AvgIpc) is 3.12. The fourth-order valence-electron chi connectivity index (χ4n) is 2.99. The molecule has 0 amide bonds. The molecule has 0 N–H and O–H groups in total. The van der Waals surface area contributed by atoms with Crippen LogP contribution < -0.4 is 14.4 Å². The standard InChI is InChI=1S/C19H19N3O3/c1-13-12-24-17-10-6-4-8-15(17)22(13)11-18-20-21-19(25-18)14-7-3-5-9-16(14)23-2/h3-10,13H,11-12H2,1-2H3/t13-/m1/s1. The number of methoxy groups -OCH3 is 1. The Bertz CT molecular complexity index is 878. The normalized spacial score (nSPS) is 16.2. The van der Waals surface area contributed by atoms with Gasteiger partial charge in [0.25, 0.3) is 5.89 Å². The molecule has 0 saturated heterocycles. The molecule has 0 spiro atoms. The predicted molar refractivity (Wildman–Crippen MR) is 93.9 cm³/mol. The molecule has 1 aromatic heterocycles. The molecule has 1 aliphatic rings. The van der Waals surface area contributed by atoms with E-state index >= 15 is 0 Å². The van der Waals surface area contributed by atoms with Crippen molar-refractivity contribution in [1.82, 2.24) is 10.2 Å². The fourth-order valence-corrected chi connectivity index (χ4v) is 2.99. The molecule has 0 bridgehead atoms. The Morgan fingerprint density at radius 3 is 2.80 bits per heavy atom. The monoisotopic (exact) mass is 337 g/mol. The number of aromatic nitrogens is 2. The lowest BCUT2D eigenvalue weighted by molar-refractivity contribution is 0.266. The Morgan fingerprint density at radius 1 is 1.12 bits per heavy atom. The van der Waals surface area contributed by atoms with E-state index in [0.717, 1.165) is 17.0 Å². The molecule has 6 heteroatoms. The average molecular weight is 337 g/mol. The van der Waals surface area contributed by atoms with E-state index in [1.165, 1.54) is 0 Å². The van der Waals surface area contributed by atoms with Gasteiger partial charge in [0.2, 0.25) is 5.89 Å². The molecule has 0 unspecified atom stereocenters. The van der Waals surface area contributed by atoms with Crippen molar-refractivity contribution in [2.75, 3.05) is 18.6 Å². The number of ether oxygens (including phenoxy) is 2. The highest BCUT2D eigenvalue weighted by Crippen LogP contribution is 2.35. The highest BCUT2D eigenvalue weighted by molar-refractivity contribution is 5.62. The van der Waals surface area contributed by atoms with Gasteiger partial charge in [-0.25, -0.2) is 0 Å². The van der Waals surface area contributed by atoms with Crippen molar-refractivity contribution < 1.29 is 13.9 Å². The first-order valence-corrected chi connectivity index (χ1v) is 8.20. The molecule has 2 aromatic carbocycles. The molecule has 0 saturated carbocycles. The Morgan fingerprint density at radius 2 is 1.92 bits per heavy atom. The molecule has 0 aliphatic carbocycles. The maximum atomic E-state index is 5.89. The van der Waals surface area contributed by atoms with Crippen molar-refractivity contribution >= 4 is 5.69 Å². The molecule has 25 heavy (non-hydrogen) atoms. The van der Waals surface area contributed by atoms with Crippen molar-refractivity contribution in [2.45, 2.75) is 19.5 Å². The van der Waals surface area contributed by atoms with Crippen LogP contribution >= 0.6 is 0 Å². The van der Waals surface area contributed by atoms with Gasteiger partial charge in [0.15, 0.2) is 0 Å². The largest absolute Gasteiger partial charge is 0.496 e. The SMILES string of the molecule is COc1ccccc1-c1nnc(CN2c3ccccc3OC[C@H]2C)o1. The summed E-state index contributed by atoms with van der Waals surface area (Å²) in [5.41, 5.74) is 1.83. The van der Waals surface area contributed by atoms with Gasteiger partial charge in [-0.15, -0.1) is 10.2 Å². The summed E-state index contributed by atoms with van der Waals surface area (Å²) in [7, 11) is 1.63. The van der Waals surface area contributed by atoms with Gasteiger partial charge in [-0.2, -0.15) is 0 Å². The first-order chi connectivity index (χ1) is 12.3. The van der Waals surface area contributed by atoms with Gasteiger partial charge in [0.05, 0.1) is 30.9 Å². The van der Waals surface area contributed by atoms with Crippen LogP contribution in [0.5, 0.6) is 11.5 Å². The molecular weight excluding hydrogens is 318 g/mol. The van der Waals surface area contributed by atoms with E-state index in [9.17, 15) is 0 Å². The maximum Gasteiger partial charge on any atom is 0.251 e. The third kappa shape index (κ3) is 2.91. The third-order valence-corrected chi connectivity index (χ3v) is 4.30. The second-order valence-electron chi connectivity index (χ2n) is 5.96. The minimum Gasteiger partial charge on any atom is -0.496 e. The summed E-state index contributed by atoms with van der Waals surface area (Å²) in [5, 5.41) is 8.40. The van der Waals surface area contributed by atoms with E-state index in [0.29, 0.717) is 30.7 Å². The summed E-state index contributed by atoms with van der Waals surface area (Å²) in [5.74, 6) is 2.61. The van der Waals surface area contributed by atoms with Crippen LogP contribution in [0.3, 0.4) is 0 Å². The van der Waals surface area contributed by atoms with Crippen LogP contribution in [0.4, 0.5) is 5.69 Å². The smallest absolute Gasteiger partial charge is 0.251 e. The van der Waals surface area contributed by atoms with E-state index in [1.54, 1.807) is 7.11 Å². The molecule has 2 heterocycles. The second kappa shape index (κ2) is 6.47. The van der Waals surface area contributed by atoms with Gasteiger partial charge in [0.1, 0.15) is 18.1 Å². The first kappa shape index (κ1) is 15.5. The van der Waals surface area contributed by atoms with Crippen molar-refractivity contribution in [2.24, 2.45) is 0 Å². The van der Waals surface area contributed by atoms with Gasteiger partial charge in [-0.3, -0.25) is 0 Å². The molecule has 0 radical (unpaired) electrons. The highest BCUT2D eigenvalue weighted by atomic mass is 16.5. The van der Waals surface area contributed by atoms with Crippen molar-refractivity contribution in [3.8, 4) is 23.0 Å². The van der Waals surface area contributed by atoms with E-state index in [2.05, 4.69) is 22.0 Å². The lowest BCUT2D eigenvalue weighted by Gasteiger charge is -2.35. The van der Waals surface area contributed by atoms with Crippen molar-refractivity contribution in [1.29, 1.82) is 0 Å². The summed E-state index contributed by atoms with van der Waals surface area (Å²) in [6.07, 6.45) is 0. The number of hydrogen-bond donors (Lipinski definition) is 0. The van der Waals surface area contributed by atoms with Crippen LogP contribution in [0.2, 0.25) is 0 Å². The Hall–Kier alpha value is -3.02. The zero-order chi connectivity index (χ0) is 17.2. The van der Waals surface area contributed by atoms with E-state index in [1.807, 2.05) is 48.5 Å². The zero-order valence-corrected chi connectivity index (χ0v) is 14.2. The number of benzene rings is 2. The molecular formula is C19H19N3O3. The van der Waals surface area contributed by atoms with Crippen LogP contribution in [0.15, 0.2) is 52.9 Å². The van der Waals surface area contributed by atoms with Gasteiger partial charge in [-0.05, 0) is 31.2 Å². The van der Waals surface area contributed by atoms with Crippen molar-refractivity contribution in [3.05, 3.63) is 54.4 Å². The number of anilines is 1. The lowest BCUT2D eigenvalue weighted by Crippen LogP contribution is -2.40. The van der Waals surface area contributed by atoms with Gasteiger partial charge in [-0.1, -0.05) is 24.3 Å². The van der Waals surface area contributed by atoms with Gasteiger partial charge < -0.3 is 18.8 Å². The number of fused-ring (bicyclic) bond motifs is 1. The van der Waals surface area contributed by atoms with Crippen LogP contribution in [0.25, 0.3) is 11.5 Å². The summed E-state index contributed by atoms with van der Waals surface area (Å²) < 4.78 is 17.0. The van der Waals surface area contributed by atoms with Gasteiger partial charge >= 0.3 is 0 Å². The van der Waals surface area contributed by atoms with E-state index < -0.39 is 0 Å². The van der Waals surface area contributed by atoms with E-state index in [4.69, 9.17) is 13.9 Å². The minimum atomic E-state index is 0.219. The van der Waals surface area contributed by atoms with Crippen molar-refractivity contribution in [3.63, 3.8) is 0 Å². The Labute approximate surface area is 146 Å². The number of nitrogens with zero attached hydrogens (tertiary/aromatic N) is 3. The van der Waals surface area contributed by atoms with Gasteiger partial charge in [0, 0.05) is 0 Å². The first-order valence-electron chi connectivity index (χ1n) is 8.20. The number of hydrogen-bond acceptors (Lipinski definition) is 6. The summed E-state index contributed by atoms with van der Waals surface area (Å²) >= 11 is 0. The summed E-state index contributed by atoms with van der Waals surface area (Å²) in [6.45, 7) is 3.28. The van der Waals surface area contributed by atoms with Crippen LogP contribution in [0.1, 0.15) is 12.8 Å². The van der Waals surface area contributed by atoms with Crippen LogP contribution in [-0.2, 0) is 6.54 Å². The number of para-hydroxylation sites is 3. The van der Waals surface area contributed by atoms with Crippen LogP contribution in [-0.4, -0.2) is 30.0 Å². The summed E-state index contributed by atoms with van der Waals surface area (Å²) in [4.78, 5) is 2.22. The Kier molecular flexibility index (Phi) is 4.01. The molecule has 1 aliphatic heterocycles. The number of rotatable bonds is 4. The lowest BCUT2D eigenvalue weighted by atomic mass is 10.1. The van der Waals surface area contributed by atoms with Crippen LogP contribution in [0, 0.1) is 0 Å². The molecule has 3 aromatic rings. The fraction of sp³-hybridized carbons (Fsp3) is 0.263. The molecule has 6 nitrogen and oxygen atoms in total. The third-order valence-electron chi connectivity index (χ3n) is 4.30. The quantitative estimate of drug-likeness (QED) is 0.726. The Balaban J connectivity index is 1.62. The molecule has 128 valence electrons. The predicted octanol–water partition coefficient (Wildman–Crippen LogP) is 3.53. The summed E-state index contributed by atoms with van der Waals surface area (Å²) in [6, 6.07) is 15.8. The second-order valence-corrected chi connectivity index (χ2v) is 5.96. The molecule has 4 rings (SSSR count). The highest BCUT2D eigenvalue weighted by Gasteiger charge is 2.26. The minimum absolute atomic E-state index is 0.219.